The van der Waals surface area contributed by atoms with Crippen molar-refractivity contribution < 1.29 is 5.11 Å². The number of hydrogen-bond donors (Lipinski definition) is 3. The first-order valence-corrected chi connectivity index (χ1v) is 5.27. The molecule has 1 fully saturated rings. The Balaban J connectivity index is 2.11. The number of hydrogen-bond acceptors (Lipinski definition) is 5. The van der Waals surface area contributed by atoms with E-state index in [0.29, 0.717) is 31.7 Å². The zero-order chi connectivity index (χ0) is 11.6. The van der Waals surface area contributed by atoms with Crippen molar-refractivity contribution in [3.05, 3.63) is 22.7 Å². The average Bonchev–Trinajstić information content (AvgIpc) is 2.31. The molecule has 0 bridgehead atoms. The summed E-state index contributed by atoms with van der Waals surface area (Å²) in [4.78, 5) is 19.8. The molecule has 1 radical (unpaired) electrons. The molecule has 0 spiro atoms. The molecule has 1 aromatic heterocycles. The molecule has 6 heteroatoms. The zero-order valence-corrected chi connectivity index (χ0v) is 8.94. The quantitative estimate of drug-likeness (QED) is 0.589. The smallest absolute Gasteiger partial charge is 0.291 e. The summed E-state index contributed by atoms with van der Waals surface area (Å²) in [5, 5.41) is 9.95. The standard InChI is InChI=1S/C10H15N4O2/c11-7-10(16)1-5-14(6-2-10)8-9(15)13-4-3-12-8/h3,16H,1-2,5-7,11H2,(H,13,15). The Kier molecular flexibility index (Phi) is 2.93. The predicted octanol–water partition coefficient (Wildman–Crippen LogP) is -1.14. The third-order valence-electron chi connectivity index (χ3n) is 3.01. The van der Waals surface area contributed by atoms with Gasteiger partial charge in [0.2, 0.25) is 0 Å². The molecule has 1 aliphatic rings. The molecule has 1 aromatic rings. The van der Waals surface area contributed by atoms with Crippen molar-refractivity contribution in [3.8, 4) is 0 Å². The highest BCUT2D eigenvalue weighted by Gasteiger charge is 2.31. The summed E-state index contributed by atoms with van der Waals surface area (Å²) < 4.78 is 0. The van der Waals surface area contributed by atoms with E-state index < -0.39 is 5.60 Å². The third kappa shape index (κ3) is 2.07. The van der Waals surface area contributed by atoms with Crippen LogP contribution in [0.3, 0.4) is 0 Å². The number of nitrogens with two attached hydrogens (primary N) is 1. The number of rotatable bonds is 2. The predicted molar refractivity (Wildman–Crippen MR) is 59.1 cm³/mol. The highest BCUT2D eigenvalue weighted by Crippen LogP contribution is 2.22. The molecule has 0 amide bonds. The topological polar surface area (TPSA) is 95.2 Å². The van der Waals surface area contributed by atoms with Crippen LogP contribution < -0.4 is 16.2 Å². The fraction of sp³-hybridized carbons (Fsp3) is 0.600. The van der Waals surface area contributed by atoms with Crippen LogP contribution in [0, 0.1) is 6.20 Å². The summed E-state index contributed by atoms with van der Waals surface area (Å²) in [6.45, 7) is 1.44. The molecule has 0 aliphatic carbocycles. The van der Waals surface area contributed by atoms with Gasteiger partial charge in [0, 0.05) is 19.6 Å². The minimum Gasteiger partial charge on any atom is -0.388 e. The Bertz CT molecular complexity index is 409. The van der Waals surface area contributed by atoms with E-state index in [1.54, 1.807) is 0 Å². The first-order chi connectivity index (χ1) is 7.64. The summed E-state index contributed by atoms with van der Waals surface area (Å²) >= 11 is 0. The van der Waals surface area contributed by atoms with E-state index in [0.717, 1.165) is 0 Å². The van der Waals surface area contributed by atoms with Crippen LogP contribution in [0.25, 0.3) is 0 Å². The molecule has 87 valence electrons. The summed E-state index contributed by atoms with van der Waals surface area (Å²) in [6, 6.07) is 0. The van der Waals surface area contributed by atoms with Gasteiger partial charge in [0.05, 0.1) is 18.0 Å². The lowest BCUT2D eigenvalue weighted by Crippen LogP contribution is -2.49. The van der Waals surface area contributed by atoms with Gasteiger partial charge in [-0.3, -0.25) is 4.79 Å². The van der Waals surface area contributed by atoms with E-state index in [4.69, 9.17) is 5.73 Å². The maximum atomic E-state index is 11.5. The summed E-state index contributed by atoms with van der Waals surface area (Å²) in [5.41, 5.74) is 4.46. The highest BCUT2D eigenvalue weighted by molar-refractivity contribution is 5.35. The second kappa shape index (κ2) is 4.23. The maximum Gasteiger partial charge on any atom is 0.291 e. The molecule has 0 saturated carbocycles. The van der Waals surface area contributed by atoms with Crippen LogP contribution in [0.5, 0.6) is 0 Å². The molecule has 16 heavy (non-hydrogen) atoms. The lowest BCUT2D eigenvalue weighted by Gasteiger charge is -2.37. The molecule has 0 unspecified atom stereocenters. The van der Waals surface area contributed by atoms with Gasteiger partial charge in [0.1, 0.15) is 0 Å². The van der Waals surface area contributed by atoms with Crippen molar-refractivity contribution in [3.63, 3.8) is 0 Å². The minimum atomic E-state index is -0.788. The Labute approximate surface area is 93.1 Å². The Morgan fingerprint density at radius 3 is 2.88 bits per heavy atom. The molecular formula is C10H15N4O2. The lowest BCUT2D eigenvalue weighted by atomic mass is 9.92. The number of aromatic amines is 1. The Hall–Kier alpha value is -1.40. The van der Waals surface area contributed by atoms with Gasteiger partial charge in [0.25, 0.3) is 5.56 Å². The molecule has 4 N–H and O–H groups in total. The van der Waals surface area contributed by atoms with Crippen LogP contribution in [0.1, 0.15) is 12.8 Å². The SMILES string of the molecule is NCC1(O)CCN(c2nc[c][nH]c2=O)CC1. The van der Waals surface area contributed by atoms with E-state index in [9.17, 15) is 9.90 Å². The monoisotopic (exact) mass is 223 g/mol. The van der Waals surface area contributed by atoms with Gasteiger partial charge in [-0.2, -0.15) is 0 Å². The number of nitrogens with zero attached hydrogens (tertiary/aromatic N) is 2. The van der Waals surface area contributed by atoms with Gasteiger partial charge in [-0.25, -0.2) is 4.98 Å². The maximum absolute atomic E-state index is 11.5. The average molecular weight is 223 g/mol. The molecular weight excluding hydrogens is 208 g/mol. The van der Waals surface area contributed by atoms with Gasteiger partial charge in [-0.05, 0) is 12.8 Å². The van der Waals surface area contributed by atoms with Crippen molar-refractivity contribution in [2.24, 2.45) is 5.73 Å². The fourth-order valence-corrected chi connectivity index (χ4v) is 1.87. The number of H-pyrrole nitrogens is 1. The molecule has 0 atom stereocenters. The Morgan fingerprint density at radius 2 is 2.31 bits per heavy atom. The first kappa shape index (κ1) is 11.1. The van der Waals surface area contributed by atoms with E-state index in [-0.39, 0.29) is 12.1 Å². The Morgan fingerprint density at radius 1 is 1.62 bits per heavy atom. The van der Waals surface area contributed by atoms with E-state index in [1.807, 2.05) is 4.90 Å². The number of aliphatic hydroxyl groups is 1. The summed E-state index contributed by atoms with van der Waals surface area (Å²) in [5.74, 6) is 0.387. The number of anilines is 1. The van der Waals surface area contributed by atoms with Crippen LogP contribution in [0.4, 0.5) is 5.82 Å². The molecule has 0 aromatic carbocycles. The van der Waals surface area contributed by atoms with Gasteiger partial charge < -0.3 is 20.7 Å². The number of nitrogens with one attached hydrogen (secondary N) is 1. The van der Waals surface area contributed by atoms with Crippen LogP contribution >= 0.6 is 0 Å². The highest BCUT2D eigenvalue weighted by atomic mass is 16.3. The number of piperidine rings is 1. The van der Waals surface area contributed by atoms with Crippen LogP contribution in [-0.4, -0.2) is 40.3 Å². The van der Waals surface area contributed by atoms with Gasteiger partial charge in [-0.15, -0.1) is 0 Å². The largest absolute Gasteiger partial charge is 0.388 e. The van der Waals surface area contributed by atoms with Crippen LogP contribution in [0.15, 0.2) is 11.0 Å². The molecule has 2 heterocycles. The molecule has 1 saturated heterocycles. The molecule has 6 nitrogen and oxygen atoms in total. The van der Waals surface area contributed by atoms with Crippen molar-refractivity contribution in [2.75, 3.05) is 24.5 Å². The van der Waals surface area contributed by atoms with Gasteiger partial charge in [0.15, 0.2) is 5.82 Å². The van der Waals surface area contributed by atoms with Crippen LogP contribution in [-0.2, 0) is 0 Å². The summed E-state index contributed by atoms with van der Waals surface area (Å²) in [7, 11) is 0. The fourth-order valence-electron chi connectivity index (χ4n) is 1.87. The van der Waals surface area contributed by atoms with Gasteiger partial charge in [-0.1, -0.05) is 0 Å². The second-order valence-electron chi connectivity index (χ2n) is 4.10. The van der Waals surface area contributed by atoms with Crippen LogP contribution in [0.2, 0.25) is 0 Å². The lowest BCUT2D eigenvalue weighted by molar-refractivity contribution is 0.0248. The van der Waals surface area contributed by atoms with Crippen molar-refractivity contribution >= 4 is 5.82 Å². The summed E-state index contributed by atoms with van der Waals surface area (Å²) in [6.07, 6.45) is 5.07. The normalized spacial score (nSPS) is 19.8. The van der Waals surface area contributed by atoms with Gasteiger partial charge >= 0.3 is 0 Å². The van der Waals surface area contributed by atoms with E-state index in [2.05, 4.69) is 16.2 Å². The third-order valence-corrected chi connectivity index (χ3v) is 3.01. The first-order valence-electron chi connectivity index (χ1n) is 5.27. The zero-order valence-electron chi connectivity index (χ0n) is 8.94. The minimum absolute atomic E-state index is 0.249. The van der Waals surface area contributed by atoms with Crippen molar-refractivity contribution in [1.82, 2.24) is 9.97 Å². The van der Waals surface area contributed by atoms with E-state index in [1.165, 1.54) is 6.20 Å². The van der Waals surface area contributed by atoms with E-state index >= 15 is 0 Å². The second-order valence-corrected chi connectivity index (χ2v) is 4.10. The number of aromatic nitrogens is 2. The molecule has 1 aliphatic heterocycles. The molecule has 2 rings (SSSR count). The van der Waals surface area contributed by atoms with Crippen molar-refractivity contribution in [2.45, 2.75) is 18.4 Å². The van der Waals surface area contributed by atoms with Crippen molar-refractivity contribution in [1.29, 1.82) is 0 Å².